The maximum atomic E-state index is 14.2. The molecule has 2 aromatic carbocycles. The molecule has 1 unspecified atom stereocenters. The first-order valence-corrected chi connectivity index (χ1v) is 12.3. The van der Waals surface area contributed by atoms with E-state index in [0.717, 1.165) is 5.56 Å². The summed E-state index contributed by atoms with van der Waals surface area (Å²) in [5.41, 5.74) is 1.82. The van der Waals surface area contributed by atoms with Crippen LogP contribution in [0, 0.1) is 25.5 Å². The van der Waals surface area contributed by atoms with Crippen LogP contribution in [0.5, 0.6) is 0 Å². The van der Waals surface area contributed by atoms with Crippen LogP contribution in [0.1, 0.15) is 28.3 Å². The van der Waals surface area contributed by atoms with Crippen LogP contribution in [-0.4, -0.2) is 25.3 Å². The molecule has 0 aliphatic carbocycles. The van der Waals surface area contributed by atoms with Crippen molar-refractivity contribution < 1.29 is 21.4 Å². The lowest BCUT2D eigenvalue weighted by Crippen LogP contribution is -2.28. The molecule has 3 aromatic rings. The summed E-state index contributed by atoms with van der Waals surface area (Å²) in [5, 5.41) is 0.582. The molecular weight excluding hydrogens is 456 g/mol. The van der Waals surface area contributed by atoms with Crippen molar-refractivity contribution in [3.63, 3.8) is 0 Å². The van der Waals surface area contributed by atoms with E-state index in [1.165, 1.54) is 52.7 Å². The minimum Gasteiger partial charge on any atom is -0.297 e. The second-order valence-electron chi connectivity index (χ2n) is 7.71. The Morgan fingerprint density at radius 2 is 1.72 bits per heavy atom. The lowest BCUT2D eigenvalue weighted by atomic mass is 10.0. The Hall–Kier alpha value is -2.49. The molecule has 1 aromatic heterocycles. The highest BCUT2D eigenvalue weighted by molar-refractivity contribution is 7.99. The fourth-order valence-corrected chi connectivity index (χ4v) is 5.99. The Bertz CT molecular complexity index is 1320. The van der Waals surface area contributed by atoms with Gasteiger partial charge in [0.2, 0.25) is 0 Å². The first-order valence-electron chi connectivity index (χ1n) is 9.94. The first-order chi connectivity index (χ1) is 15.2. The van der Waals surface area contributed by atoms with Crippen LogP contribution < -0.4 is 5.56 Å². The number of rotatable bonds is 6. The van der Waals surface area contributed by atoms with Crippen molar-refractivity contribution in [1.82, 2.24) is 4.57 Å². The summed E-state index contributed by atoms with van der Waals surface area (Å²) in [5.74, 6) is -0.891. The van der Waals surface area contributed by atoms with E-state index >= 15 is 0 Å². The van der Waals surface area contributed by atoms with Gasteiger partial charge in [0.1, 0.15) is 11.6 Å². The predicted octanol–water partition coefficient (Wildman–Crippen LogP) is 4.39. The maximum Gasteiger partial charge on any atom is 0.297 e. The number of aromatic nitrogens is 1. The Morgan fingerprint density at radius 3 is 2.38 bits per heavy atom. The summed E-state index contributed by atoms with van der Waals surface area (Å²) in [7, 11) is -3.98. The number of aryl methyl sites for hydroxylation is 2. The summed E-state index contributed by atoms with van der Waals surface area (Å²) in [6, 6.07) is 10.9. The van der Waals surface area contributed by atoms with Gasteiger partial charge in [-0.15, -0.1) is 11.8 Å². The molecule has 0 N–H and O–H groups in total. The fraction of sp³-hybridized carbons (Fsp3) is 0.261. The third-order valence-electron chi connectivity index (χ3n) is 5.45. The van der Waals surface area contributed by atoms with Crippen molar-refractivity contribution in [2.45, 2.75) is 36.2 Å². The van der Waals surface area contributed by atoms with E-state index in [0.29, 0.717) is 21.9 Å². The number of nitrogens with zero attached hydrogens (tertiary/aromatic N) is 1. The van der Waals surface area contributed by atoms with Gasteiger partial charge in [-0.05, 0) is 49.2 Å². The van der Waals surface area contributed by atoms with Gasteiger partial charge in [-0.3, -0.25) is 13.5 Å². The molecule has 0 amide bonds. The highest BCUT2D eigenvalue weighted by Gasteiger charge is 2.30. The molecule has 1 aliphatic heterocycles. The summed E-state index contributed by atoms with van der Waals surface area (Å²) in [4.78, 5) is 12.8. The zero-order valence-electron chi connectivity index (χ0n) is 17.5. The average Bonchev–Trinajstić information content (AvgIpc) is 3.16. The van der Waals surface area contributed by atoms with Crippen LogP contribution in [0.15, 0.2) is 63.2 Å². The molecule has 0 saturated carbocycles. The molecule has 0 saturated heterocycles. The molecule has 0 spiro atoms. The van der Waals surface area contributed by atoms with Crippen molar-refractivity contribution in [3.8, 4) is 0 Å². The highest BCUT2D eigenvalue weighted by Crippen LogP contribution is 2.37. The van der Waals surface area contributed by atoms with Gasteiger partial charge in [-0.2, -0.15) is 8.42 Å². The van der Waals surface area contributed by atoms with Crippen LogP contribution in [0.3, 0.4) is 0 Å². The third kappa shape index (κ3) is 4.37. The average molecular weight is 478 g/mol. The van der Waals surface area contributed by atoms with Crippen LogP contribution in [0.2, 0.25) is 0 Å². The van der Waals surface area contributed by atoms with E-state index in [1.54, 1.807) is 19.1 Å². The number of thioether (sulfide) groups is 1. The summed E-state index contributed by atoms with van der Waals surface area (Å²) in [6.45, 7) is 3.36. The lowest BCUT2D eigenvalue weighted by molar-refractivity contribution is 0.262. The SMILES string of the molecule is Cc1ccc(S(=O)(=O)OCC2CSc3c(Cc4c(F)cccc4F)c(C)cc(=O)n32)cc1. The van der Waals surface area contributed by atoms with Gasteiger partial charge < -0.3 is 0 Å². The van der Waals surface area contributed by atoms with Gasteiger partial charge >= 0.3 is 0 Å². The van der Waals surface area contributed by atoms with E-state index in [9.17, 15) is 22.0 Å². The second kappa shape index (κ2) is 8.80. The third-order valence-corrected chi connectivity index (χ3v) is 8.01. The van der Waals surface area contributed by atoms with Crippen molar-refractivity contribution in [1.29, 1.82) is 0 Å². The molecule has 0 bridgehead atoms. The molecule has 2 heterocycles. The van der Waals surface area contributed by atoms with Crippen LogP contribution in [0.25, 0.3) is 0 Å². The number of pyridine rings is 1. The molecule has 0 fully saturated rings. The highest BCUT2D eigenvalue weighted by atomic mass is 32.2. The zero-order chi connectivity index (χ0) is 23.0. The Kier molecular flexibility index (Phi) is 6.24. The topological polar surface area (TPSA) is 65.4 Å². The number of hydrogen-bond donors (Lipinski definition) is 0. The van der Waals surface area contributed by atoms with Gasteiger partial charge in [0.25, 0.3) is 15.7 Å². The monoisotopic (exact) mass is 477 g/mol. The Balaban J connectivity index is 1.62. The largest absolute Gasteiger partial charge is 0.297 e. The minimum atomic E-state index is -3.98. The number of halogens is 2. The smallest absolute Gasteiger partial charge is 0.297 e. The van der Waals surface area contributed by atoms with E-state index < -0.39 is 27.8 Å². The molecule has 1 aliphatic rings. The van der Waals surface area contributed by atoms with E-state index in [4.69, 9.17) is 4.18 Å². The van der Waals surface area contributed by atoms with Gasteiger partial charge in [-0.1, -0.05) is 23.8 Å². The molecule has 1 atom stereocenters. The summed E-state index contributed by atoms with van der Waals surface area (Å²) < 4.78 is 60.2. The van der Waals surface area contributed by atoms with Gasteiger partial charge in [-0.25, -0.2) is 8.78 Å². The summed E-state index contributed by atoms with van der Waals surface area (Å²) in [6.07, 6.45) is -0.0117. The van der Waals surface area contributed by atoms with Crippen molar-refractivity contribution in [2.75, 3.05) is 12.4 Å². The molecule has 5 nitrogen and oxygen atoms in total. The van der Waals surface area contributed by atoms with Crippen molar-refractivity contribution in [3.05, 3.63) is 92.8 Å². The maximum absolute atomic E-state index is 14.2. The standard InChI is InChI=1S/C23H21F2NO4S2/c1-14-6-8-17(9-7-14)32(28,29)30-12-16-13-31-23-18(15(2)10-22(27)26(16)23)11-19-20(24)4-3-5-21(19)25/h3-10,16H,11-13H2,1-2H3. The van der Waals surface area contributed by atoms with Crippen LogP contribution in [0.4, 0.5) is 8.78 Å². The molecular formula is C23H21F2NO4S2. The van der Waals surface area contributed by atoms with Crippen LogP contribution in [-0.2, 0) is 20.7 Å². The normalized spacial score (nSPS) is 15.7. The van der Waals surface area contributed by atoms with Gasteiger partial charge in [0, 0.05) is 23.8 Å². The fourth-order valence-electron chi connectivity index (χ4n) is 3.66. The van der Waals surface area contributed by atoms with Gasteiger partial charge in [0.05, 0.1) is 22.6 Å². The molecule has 32 heavy (non-hydrogen) atoms. The van der Waals surface area contributed by atoms with Crippen molar-refractivity contribution in [2.24, 2.45) is 0 Å². The molecule has 0 radical (unpaired) electrons. The van der Waals surface area contributed by atoms with Crippen molar-refractivity contribution >= 4 is 21.9 Å². The number of benzene rings is 2. The van der Waals surface area contributed by atoms with Gasteiger partial charge in [0.15, 0.2) is 0 Å². The quantitative estimate of drug-likeness (QED) is 0.493. The Labute approximate surface area is 189 Å². The number of hydrogen-bond acceptors (Lipinski definition) is 5. The minimum absolute atomic E-state index is 0.0117. The number of fused-ring (bicyclic) bond motifs is 1. The second-order valence-corrected chi connectivity index (χ2v) is 10.3. The van der Waals surface area contributed by atoms with E-state index in [-0.39, 0.29) is 29.0 Å². The van der Waals surface area contributed by atoms with E-state index in [2.05, 4.69) is 0 Å². The molecule has 9 heteroatoms. The summed E-state index contributed by atoms with van der Waals surface area (Å²) >= 11 is 1.35. The Morgan fingerprint density at radius 1 is 1.06 bits per heavy atom. The zero-order valence-corrected chi connectivity index (χ0v) is 19.1. The molecule has 4 rings (SSSR count). The lowest BCUT2D eigenvalue weighted by Gasteiger charge is -2.17. The van der Waals surface area contributed by atoms with Crippen LogP contribution >= 0.6 is 11.8 Å². The molecule has 168 valence electrons. The predicted molar refractivity (Wildman–Crippen MR) is 119 cm³/mol. The van der Waals surface area contributed by atoms with E-state index in [1.807, 2.05) is 6.92 Å². The first kappa shape index (κ1) is 22.7.